The van der Waals surface area contributed by atoms with Crippen molar-refractivity contribution in [1.29, 1.82) is 0 Å². The highest BCUT2D eigenvalue weighted by molar-refractivity contribution is 5.56. The molecule has 0 bridgehead atoms. The zero-order chi connectivity index (χ0) is 13.7. The van der Waals surface area contributed by atoms with Gasteiger partial charge in [0.05, 0.1) is 6.61 Å². The fraction of sp³-hybridized carbons (Fsp3) is 0.625. The average molecular weight is 262 g/mol. The summed E-state index contributed by atoms with van der Waals surface area (Å²) in [4.78, 5) is 2.54. The summed E-state index contributed by atoms with van der Waals surface area (Å²) >= 11 is 0. The Kier molecular flexibility index (Phi) is 5.23. The number of hydrogen-bond acceptors (Lipinski definition) is 3. The van der Waals surface area contributed by atoms with E-state index in [-0.39, 0.29) is 0 Å². The van der Waals surface area contributed by atoms with E-state index < -0.39 is 0 Å². The topological polar surface area (TPSA) is 24.5 Å². The van der Waals surface area contributed by atoms with Gasteiger partial charge in [0.2, 0.25) is 0 Å². The first-order valence-corrected chi connectivity index (χ1v) is 7.32. The molecule has 1 saturated carbocycles. The molecule has 106 valence electrons. The van der Waals surface area contributed by atoms with Gasteiger partial charge in [-0.25, -0.2) is 0 Å². The summed E-state index contributed by atoms with van der Waals surface area (Å²) in [6, 6.07) is 7.62. The van der Waals surface area contributed by atoms with Crippen molar-refractivity contribution in [2.24, 2.45) is 0 Å². The number of ether oxygens (including phenoxy) is 1. The fourth-order valence-corrected chi connectivity index (χ4v) is 2.57. The molecule has 0 saturated heterocycles. The second kappa shape index (κ2) is 6.92. The Morgan fingerprint density at radius 3 is 2.74 bits per heavy atom. The van der Waals surface area contributed by atoms with Gasteiger partial charge in [-0.3, -0.25) is 0 Å². The maximum absolute atomic E-state index is 5.03. The second-order valence-electron chi connectivity index (χ2n) is 5.31. The van der Waals surface area contributed by atoms with Crippen molar-refractivity contribution in [3.05, 3.63) is 29.3 Å². The van der Waals surface area contributed by atoms with E-state index in [1.807, 2.05) is 0 Å². The van der Waals surface area contributed by atoms with Crippen molar-refractivity contribution in [1.82, 2.24) is 5.32 Å². The molecule has 0 aliphatic heterocycles. The number of nitrogens with zero attached hydrogens (tertiary/aromatic N) is 1. The van der Waals surface area contributed by atoms with Gasteiger partial charge in [-0.1, -0.05) is 12.1 Å². The molecule has 3 heteroatoms. The van der Waals surface area contributed by atoms with Crippen LogP contribution in [0.1, 0.15) is 30.9 Å². The Balaban J connectivity index is 1.96. The van der Waals surface area contributed by atoms with Gasteiger partial charge in [-0.05, 0) is 43.9 Å². The third-order valence-corrected chi connectivity index (χ3v) is 3.71. The quantitative estimate of drug-likeness (QED) is 0.729. The summed E-state index contributed by atoms with van der Waals surface area (Å²) in [5.74, 6) is 0. The number of rotatable bonds is 8. The van der Waals surface area contributed by atoms with Crippen LogP contribution in [-0.4, -0.2) is 32.8 Å². The van der Waals surface area contributed by atoms with Gasteiger partial charge < -0.3 is 15.0 Å². The lowest BCUT2D eigenvalue weighted by atomic mass is 10.1. The number of methoxy groups -OCH3 is 1. The van der Waals surface area contributed by atoms with Gasteiger partial charge in [0.1, 0.15) is 0 Å². The first kappa shape index (κ1) is 14.4. The van der Waals surface area contributed by atoms with E-state index >= 15 is 0 Å². The molecule has 0 spiro atoms. The van der Waals surface area contributed by atoms with Crippen LogP contribution in [-0.2, 0) is 11.3 Å². The minimum atomic E-state index is 0.766. The second-order valence-corrected chi connectivity index (χ2v) is 5.31. The number of benzene rings is 1. The largest absolute Gasteiger partial charge is 0.383 e. The molecule has 0 amide bonds. The molecule has 1 aromatic rings. The highest BCUT2D eigenvalue weighted by Gasteiger charge is 2.28. The Labute approximate surface area is 116 Å². The number of hydrogen-bond donors (Lipinski definition) is 1. The molecule has 3 nitrogen and oxygen atoms in total. The molecule has 1 aliphatic rings. The van der Waals surface area contributed by atoms with E-state index in [9.17, 15) is 0 Å². The van der Waals surface area contributed by atoms with E-state index in [1.54, 1.807) is 7.11 Å². The van der Waals surface area contributed by atoms with Crippen molar-refractivity contribution in [3.8, 4) is 0 Å². The molecule has 1 aliphatic carbocycles. The van der Waals surface area contributed by atoms with Gasteiger partial charge in [0.15, 0.2) is 0 Å². The molecule has 2 rings (SSSR count). The van der Waals surface area contributed by atoms with Crippen molar-refractivity contribution in [3.63, 3.8) is 0 Å². The normalized spacial score (nSPS) is 14.7. The van der Waals surface area contributed by atoms with Crippen LogP contribution in [0.25, 0.3) is 0 Å². The van der Waals surface area contributed by atoms with Crippen LogP contribution in [0.15, 0.2) is 18.2 Å². The highest BCUT2D eigenvalue weighted by Crippen LogP contribution is 2.33. The third-order valence-electron chi connectivity index (χ3n) is 3.71. The molecular weight excluding hydrogens is 236 g/mol. The number of anilines is 1. The lowest BCUT2D eigenvalue weighted by Crippen LogP contribution is -2.26. The molecule has 19 heavy (non-hydrogen) atoms. The summed E-state index contributed by atoms with van der Waals surface area (Å²) in [5.41, 5.74) is 4.15. The lowest BCUT2D eigenvalue weighted by Gasteiger charge is -2.25. The minimum Gasteiger partial charge on any atom is -0.383 e. The minimum absolute atomic E-state index is 0.766. The molecule has 0 radical (unpaired) electrons. The van der Waals surface area contributed by atoms with Crippen LogP contribution in [0.3, 0.4) is 0 Å². The SMILES string of the molecule is CCN(c1ccc(CNCCOC)cc1C)C1CC1. The molecule has 0 aromatic heterocycles. The smallest absolute Gasteiger partial charge is 0.0587 e. The van der Waals surface area contributed by atoms with Crippen LogP contribution < -0.4 is 10.2 Å². The maximum atomic E-state index is 5.03. The number of nitrogens with one attached hydrogen (secondary N) is 1. The summed E-state index contributed by atoms with van der Waals surface area (Å²) < 4.78 is 5.03. The van der Waals surface area contributed by atoms with E-state index in [0.29, 0.717) is 0 Å². The zero-order valence-corrected chi connectivity index (χ0v) is 12.4. The molecule has 0 heterocycles. The van der Waals surface area contributed by atoms with Crippen LogP contribution in [0.2, 0.25) is 0 Å². The Bertz CT molecular complexity index is 402. The maximum Gasteiger partial charge on any atom is 0.0587 e. The Morgan fingerprint density at radius 2 is 2.16 bits per heavy atom. The van der Waals surface area contributed by atoms with Crippen molar-refractivity contribution < 1.29 is 4.74 Å². The van der Waals surface area contributed by atoms with Gasteiger partial charge in [0, 0.05) is 38.5 Å². The van der Waals surface area contributed by atoms with E-state index in [4.69, 9.17) is 4.74 Å². The van der Waals surface area contributed by atoms with Crippen molar-refractivity contribution >= 4 is 5.69 Å². The summed E-state index contributed by atoms with van der Waals surface area (Å²) in [6.07, 6.45) is 2.71. The third kappa shape index (κ3) is 3.95. The Hall–Kier alpha value is -1.06. The molecule has 0 unspecified atom stereocenters. The van der Waals surface area contributed by atoms with Gasteiger partial charge in [-0.15, -0.1) is 0 Å². The first-order valence-electron chi connectivity index (χ1n) is 7.32. The predicted molar refractivity (Wildman–Crippen MR) is 80.8 cm³/mol. The average Bonchev–Trinajstić information content (AvgIpc) is 3.22. The fourth-order valence-electron chi connectivity index (χ4n) is 2.57. The van der Waals surface area contributed by atoms with Crippen molar-refractivity contribution in [2.75, 3.05) is 31.7 Å². The summed E-state index contributed by atoms with van der Waals surface area (Å²) in [6.45, 7) is 8.16. The highest BCUT2D eigenvalue weighted by atomic mass is 16.5. The van der Waals surface area contributed by atoms with Crippen LogP contribution in [0, 0.1) is 6.92 Å². The van der Waals surface area contributed by atoms with Gasteiger partial charge in [-0.2, -0.15) is 0 Å². The summed E-state index contributed by atoms with van der Waals surface area (Å²) in [7, 11) is 1.73. The lowest BCUT2D eigenvalue weighted by molar-refractivity contribution is 0.199. The molecule has 1 N–H and O–H groups in total. The number of aryl methyl sites for hydroxylation is 1. The molecule has 1 fully saturated rings. The van der Waals surface area contributed by atoms with Crippen molar-refractivity contribution in [2.45, 2.75) is 39.3 Å². The van der Waals surface area contributed by atoms with Gasteiger partial charge >= 0.3 is 0 Å². The summed E-state index contributed by atoms with van der Waals surface area (Å²) in [5, 5.41) is 3.39. The van der Waals surface area contributed by atoms with Crippen LogP contribution in [0.4, 0.5) is 5.69 Å². The Morgan fingerprint density at radius 1 is 1.37 bits per heavy atom. The zero-order valence-electron chi connectivity index (χ0n) is 12.4. The van der Waals surface area contributed by atoms with Gasteiger partial charge in [0.25, 0.3) is 0 Å². The molecule has 0 atom stereocenters. The monoisotopic (exact) mass is 262 g/mol. The van der Waals surface area contributed by atoms with E-state index in [0.717, 1.165) is 32.3 Å². The molecular formula is C16H26N2O. The van der Waals surface area contributed by atoms with Crippen LogP contribution >= 0.6 is 0 Å². The molecule has 1 aromatic carbocycles. The predicted octanol–water partition coefficient (Wildman–Crippen LogP) is 2.72. The van der Waals surface area contributed by atoms with E-state index in [1.165, 1.54) is 29.7 Å². The first-order chi connectivity index (χ1) is 9.26. The standard InChI is InChI=1S/C16H26N2O/c1-4-18(15-6-7-15)16-8-5-14(11-13(16)2)12-17-9-10-19-3/h5,8,11,15,17H,4,6-7,9-10,12H2,1-3H3. The van der Waals surface area contributed by atoms with Crippen LogP contribution in [0.5, 0.6) is 0 Å². The van der Waals surface area contributed by atoms with E-state index in [2.05, 4.69) is 42.3 Å².